The molecule has 126 valence electrons. The summed E-state index contributed by atoms with van der Waals surface area (Å²) in [6.07, 6.45) is 4.36. The number of halogens is 1. The molecule has 2 N–H and O–H groups in total. The number of amides is 1. The van der Waals surface area contributed by atoms with E-state index in [0.717, 1.165) is 37.9 Å². The lowest BCUT2D eigenvalue weighted by Crippen LogP contribution is -2.48. The van der Waals surface area contributed by atoms with Gasteiger partial charge < -0.3 is 15.4 Å². The third-order valence-corrected chi connectivity index (χ3v) is 5.68. The van der Waals surface area contributed by atoms with Crippen LogP contribution in [0.25, 0.3) is 0 Å². The fourth-order valence-electron chi connectivity index (χ4n) is 4.10. The van der Waals surface area contributed by atoms with Gasteiger partial charge in [0.15, 0.2) is 0 Å². The molecule has 1 unspecified atom stereocenters. The van der Waals surface area contributed by atoms with E-state index in [1.165, 1.54) is 6.42 Å². The molecule has 0 aromatic heterocycles. The van der Waals surface area contributed by atoms with Crippen LogP contribution < -0.4 is 10.6 Å². The average molecular weight is 337 g/mol. The lowest BCUT2D eigenvalue weighted by Gasteiger charge is -2.37. The highest BCUT2D eigenvalue weighted by molar-refractivity contribution is 6.30. The monoisotopic (exact) mass is 336 g/mol. The predicted octanol–water partition coefficient (Wildman–Crippen LogP) is 2.92. The first-order chi connectivity index (χ1) is 11.2. The van der Waals surface area contributed by atoms with E-state index in [1.807, 2.05) is 24.3 Å². The van der Waals surface area contributed by atoms with Crippen molar-refractivity contribution in [1.29, 1.82) is 0 Å². The summed E-state index contributed by atoms with van der Waals surface area (Å²) in [6, 6.07) is 7.61. The van der Waals surface area contributed by atoms with Crippen molar-refractivity contribution in [2.45, 2.75) is 31.8 Å². The number of carbonyl (C=O) groups is 1. The first kappa shape index (κ1) is 16.7. The maximum Gasteiger partial charge on any atom is 0.227 e. The summed E-state index contributed by atoms with van der Waals surface area (Å²) < 4.78 is 5.55. The zero-order valence-corrected chi connectivity index (χ0v) is 14.4. The van der Waals surface area contributed by atoms with Gasteiger partial charge in [0.25, 0.3) is 0 Å². The van der Waals surface area contributed by atoms with Crippen LogP contribution in [0.5, 0.6) is 0 Å². The van der Waals surface area contributed by atoms with Crippen LogP contribution in [0.2, 0.25) is 5.02 Å². The zero-order chi connectivity index (χ0) is 16.3. The van der Waals surface area contributed by atoms with Crippen LogP contribution in [-0.2, 0) is 9.53 Å². The Kier molecular flexibility index (Phi) is 5.24. The van der Waals surface area contributed by atoms with Gasteiger partial charge in [-0.15, -0.1) is 0 Å². The Labute approximate surface area is 142 Å². The van der Waals surface area contributed by atoms with E-state index in [1.54, 1.807) is 7.11 Å². The number of fused-ring (bicyclic) bond motifs is 1. The van der Waals surface area contributed by atoms with Gasteiger partial charge in [-0.3, -0.25) is 4.79 Å². The summed E-state index contributed by atoms with van der Waals surface area (Å²) in [4.78, 5) is 12.9. The van der Waals surface area contributed by atoms with Crippen molar-refractivity contribution in [2.75, 3.05) is 26.7 Å². The number of ether oxygens (including phenoxy) is 1. The molecule has 0 spiro atoms. The Morgan fingerprint density at radius 1 is 1.52 bits per heavy atom. The fraction of sp³-hybridized carbons (Fsp3) is 0.611. The van der Waals surface area contributed by atoms with Crippen LogP contribution in [0.3, 0.4) is 0 Å². The number of hydrogen-bond donors (Lipinski definition) is 2. The highest BCUT2D eigenvalue weighted by atomic mass is 35.5. The molecule has 1 aromatic rings. The largest absolute Gasteiger partial charge is 0.375 e. The summed E-state index contributed by atoms with van der Waals surface area (Å²) in [6.45, 7) is 2.25. The molecule has 1 aliphatic carbocycles. The minimum absolute atomic E-state index is 0.176. The lowest BCUT2D eigenvalue weighted by atomic mass is 9.67. The molecule has 3 atom stereocenters. The Bertz CT molecular complexity index is 566. The molecule has 23 heavy (non-hydrogen) atoms. The van der Waals surface area contributed by atoms with E-state index in [0.29, 0.717) is 17.5 Å². The van der Waals surface area contributed by atoms with Gasteiger partial charge in [0.2, 0.25) is 5.91 Å². The summed E-state index contributed by atoms with van der Waals surface area (Å²) in [5.74, 6) is 0.652. The third-order valence-electron chi connectivity index (χ3n) is 5.44. The number of rotatable bonds is 5. The van der Waals surface area contributed by atoms with Crippen molar-refractivity contribution in [3.05, 3.63) is 34.9 Å². The minimum atomic E-state index is -0.217. The molecule has 1 aromatic carbocycles. The standard InChI is InChI=1S/C18H25ClN2O2/c1-23-16(13-5-4-7-15(19)9-13)11-21-17(22)18-8-3-2-6-14(18)10-20-12-18/h4-5,7,9,14,16,20H,2-3,6,8,10-12H2,1H3,(H,21,22)/t14-,16?,18+/m0/s1. The number of hydrogen-bond acceptors (Lipinski definition) is 3. The smallest absolute Gasteiger partial charge is 0.227 e. The summed E-state index contributed by atoms with van der Waals surface area (Å²) >= 11 is 6.05. The van der Waals surface area contributed by atoms with Gasteiger partial charge in [-0.25, -0.2) is 0 Å². The molecule has 5 heteroatoms. The summed E-state index contributed by atoms with van der Waals surface area (Å²) in [5.41, 5.74) is 0.771. The highest BCUT2D eigenvalue weighted by Gasteiger charge is 2.49. The second-order valence-corrected chi connectivity index (χ2v) is 7.16. The topological polar surface area (TPSA) is 50.4 Å². The van der Waals surface area contributed by atoms with Crippen molar-refractivity contribution < 1.29 is 9.53 Å². The molecule has 4 nitrogen and oxygen atoms in total. The maximum atomic E-state index is 12.9. The van der Waals surface area contributed by atoms with E-state index in [-0.39, 0.29) is 17.4 Å². The quantitative estimate of drug-likeness (QED) is 0.869. The van der Waals surface area contributed by atoms with Gasteiger partial charge in [0.05, 0.1) is 11.5 Å². The summed E-state index contributed by atoms with van der Waals surface area (Å²) in [7, 11) is 1.66. The average Bonchev–Trinajstić information content (AvgIpc) is 3.00. The molecular formula is C18H25ClN2O2. The van der Waals surface area contributed by atoms with Crippen molar-refractivity contribution >= 4 is 17.5 Å². The fourth-order valence-corrected chi connectivity index (χ4v) is 4.29. The second-order valence-electron chi connectivity index (χ2n) is 6.72. The molecular weight excluding hydrogens is 312 g/mol. The normalized spacial score (nSPS) is 28.2. The van der Waals surface area contributed by atoms with Gasteiger partial charge in [-0.2, -0.15) is 0 Å². The van der Waals surface area contributed by atoms with E-state index in [2.05, 4.69) is 10.6 Å². The van der Waals surface area contributed by atoms with Crippen LogP contribution in [-0.4, -0.2) is 32.7 Å². The maximum absolute atomic E-state index is 12.9. The van der Waals surface area contributed by atoms with Crippen LogP contribution in [0, 0.1) is 11.3 Å². The van der Waals surface area contributed by atoms with Crippen molar-refractivity contribution in [3.8, 4) is 0 Å². The SMILES string of the molecule is COC(CNC(=O)[C@@]12CCCC[C@H]1CNC2)c1cccc(Cl)c1. The molecule has 1 aliphatic heterocycles. The second kappa shape index (κ2) is 7.20. The Morgan fingerprint density at radius 2 is 2.39 bits per heavy atom. The Morgan fingerprint density at radius 3 is 3.17 bits per heavy atom. The van der Waals surface area contributed by atoms with E-state index in [9.17, 15) is 4.79 Å². The Hall–Kier alpha value is -1.10. The van der Waals surface area contributed by atoms with Gasteiger partial charge in [-0.1, -0.05) is 36.6 Å². The van der Waals surface area contributed by atoms with Gasteiger partial charge >= 0.3 is 0 Å². The van der Waals surface area contributed by atoms with Gasteiger partial charge in [-0.05, 0) is 43.0 Å². The molecule has 2 aliphatic rings. The highest BCUT2D eigenvalue weighted by Crippen LogP contribution is 2.43. The molecule has 2 fully saturated rings. The molecule has 1 amide bonds. The van der Waals surface area contributed by atoms with Crippen LogP contribution in [0.1, 0.15) is 37.4 Å². The molecule has 1 heterocycles. The number of benzene rings is 1. The van der Waals surface area contributed by atoms with E-state index < -0.39 is 0 Å². The zero-order valence-electron chi connectivity index (χ0n) is 13.6. The van der Waals surface area contributed by atoms with E-state index >= 15 is 0 Å². The van der Waals surface area contributed by atoms with Crippen LogP contribution in [0.15, 0.2) is 24.3 Å². The number of carbonyl (C=O) groups excluding carboxylic acids is 1. The molecule has 0 bridgehead atoms. The minimum Gasteiger partial charge on any atom is -0.375 e. The number of methoxy groups -OCH3 is 1. The molecule has 0 radical (unpaired) electrons. The predicted molar refractivity (Wildman–Crippen MR) is 91.5 cm³/mol. The van der Waals surface area contributed by atoms with Crippen molar-refractivity contribution in [2.24, 2.45) is 11.3 Å². The first-order valence-electron chi connectivity index (χ1n) is 8.43. The third kappa shape index (κ3) is 3.39. The van der Waals surface area contributed by atoms with Crippen molar-refractivity contribution in [3.63, 3.8) is 0 Å². The Balaban J connectivity index is 1.65. The molecule has 3 rings (SSSR count). The lowest BCUT2D eigenvalue weighted by molar-refractivity contribution is -0.134. The van der Waals surface area contributed by atoms with Crippen LogP contribution >= 0.6 is 11.6 Å². The molecule has 1 saturated heterocycles. The first-order valence-corrected chi connectivity index (χ1v) is 8.81. The molecule has 1 saturated carbocycles. The van der Waals surface area contributed by atoms with Crippen molar-refractivity contribution in [1.82, 2.24) is 10.6 Å². The number of nitrogens with one attached hydrogen (secondary N) is 2. The van der Waals surface area contributed by atoms with Gasteiger partial charge in [0, 0.05) is 25.2 Å². The van der Waals surface area contributed by atoms with E-state index in [4.69, 9.17) is 16.3 Å². The van der Waals surface area contributed by atoms with Gasteiger partial charge in [0.1, 0.15) is 0 Å². The van der Waals surface area contributed by atoms with Crippen LogP contribution in [0.4, 0.5) is 0 Å². The summed E-state index contributed by atoms with van der Waals surface area (Å²) in [5, 5.41) is 7.24.